The van der Waals surface area contributed by atoms with Crippen molar-refractivity contribution in [1.82, 2.24) is 0 Å². The molecule has 0 atom stereocenters. The first-order valence-corrected chi connectivity index (χ1v) is 9.06. The number of carbonyl (C=O) groups excluding carboxylic acids is 1. The van der Waals surface area contributed by atoms with Gasteiger partial charge in [0.25, 0.3) is 10.0 Å². The molecule has 6 heteroatoms. The Morgan fingerprint density at radius 1 is 1.00 bits per heavy atom. The van der Waals surface area contributed by atoms with E-state index in [1.165, 1.54) is 25.1 Å². The molecule has 0 spiro atoms. The van der Waals surface area contributed by atoms with E-state index >= 15 is 0 Å². The minimum atomic E-state index is -3.78. The van der Waals surface area contributed by atoms with Crippen molar-refractivity contribution in [3.05, 3.63) is 71.2 Å². The minimum Gasteiger partial charge on any atom is -0.294 e. The number of sulfonamides is 1. The minimum absolute atomic E-state index is 0.177. The Kier molecular flexibility index (Phi) is 4.30. The van der Waals surface area contributed by atoms with E-state index in [4.69, 9.17) is 11.6 Å². The zero-order valence-electron chi connectivity index (χ0n) is 12.8. The van der Waals surface area contributed by atoms with Gasteiger partial charge in [-0.1, -0.05) is 48.0 Å². The number of benzene rings is 3. The number of hydrogen-bond donors (Lipinski definition) is 1. The molecule has 0 radical (unpaired) electrons. The van der Waals surface area contributed by atoms with E-state index in [0.29, 0.717) is 16.6 Å². The van der Waals surface area contributed by atoms with Gasteiger partial charge in [0.15, 0.2) is 5.78 Å². The summed E-state index contributed by atoms with van der Waals surface area (Å²) in [5, 5.41) is 1.69. The zero-order chi connectivity index (χ0) is 17.3. The molecule has 3 aromatic carbocycles. The largest absolute Gasteiger partial charge is 0.294 e. The first-order valence-electron chi connectivity index (χ1n) is 7.19. The highest BCUT2D eigenvalue weighted by Gasteiger charge is 2.18. The van der Waals surface area contributed by atoms with Crippen LogP contribution in [-0.2, 0) is 10.0 Å². The number of Topliss-reactive ketones (excluding diaryl/α,β-unsaturated/α-hetero) is 1. The molecular weight excluding hydrogens is 346 g/mol. The quantitative estimate of drug-likeness (QED) is 0.698. The Morgan fingerprint density at radius 3 is 2.42 bits per heavy atom. The molecule has 3 aromatic rings. The van der Waals surface area contributed by atoms with E-state index in [1.807, 2.05) is 18.2 Å². The van der Waals surface area contributed by atoms with Gasteiger partial charge in [0.2, 0.25) is 0 Å². The van der Waals surface area contributed by atoms with Gasteiger partial charge >= 0.3 is 0 Å². The fourth-order valence-electron chi connectivity index (χ4n) is 2.50. The van der Waals surface area contributed by atoms with Gasteiger partial charge in [0, 0.05) is 10.9 Å². The molecule has 0 aliphatic rings. The molecule has 0 saturated carbocycles. The second kappa shape index (κ2) is 6.26. The standard InChI is InChI=1S/C18H14ClNO3S/c1-12(21)15-10-9-14(11-17(15)19)20-24(22,23)18-8-4-6-13-5-2-3-7-16(13)18/h2-11,20H,1H3. The maximum Gasteiger partial charge on any atom is 0.262 e. The molecule has 0 aliphatic carbocycles. The van der Waals surface area contributed by atoms with E-state index in [2.05, 4.69) is 4.72 Å². The number of halogens is 1. The molecule has 1 N–H and O–H groups in total. The van der Waals surface area contributed by atoms with Crippen LogP contribution in [0.1, 0.15) is 17.3 Å². The van der Waals surface area contributed by atoms with Gasteiger partial charge in [-0.15, -0.1) is 0 Å². The number of hydrogen-bond acceptors (Lipinski definition) is 3. The maximum absolute atomic E-state index is 12.7. The van der Waals surface area contributed by atoms with Crippen molar-refractivity contribution in [3.8, 4) is 0 Å². The molecular formula is C18H14ClNO3S. The van der Waals surface area contributed by atoms with Crippen LogP contribution in [0.15, 0.2) is 65.6 Å². The molecule has 4 nitrogen and oxygen atoms in total. The summed E-state index contributed by atoms with van der Waals surface area (Å²) in [7, 11) is -3.78. The lowest BCUT2D eigenvalue weighted by atomic mass is 10.1. The average molecular weight is 360 g/mol. The second-order valence-corrected chi connectivity index (χ2v) is 7.39. The molecule has 0 aromatic heterocycles. The van der Waals surface area contributed by atoms with E-state index in [9.17, 15) is 13.2 Å². The Morgan fingerprint density at radius 2 is 1.71 bits per heavy atom. The highest BCUT2D eigenvalue weighted by molar-refractivity contribution is 7.93. The molecule has 0 fully saturated rings. The summed E-state index contributed by atoms with van der Waals surface area (Å²) >= 11 is 6.04. The highest BCUT2D eigenvalue weighted by atomic mass is 35.5. The van der Waals surface area contributed by atoms with Crippen molar-refractivity contribution in [3.63, 3.8) is 0 Å². The number of nitrogens with one attached hydrogen (secondary N) is 1. The van der Waals surface area contributed by atoms with Gasteiger partial charge in [-0.2, -0.15) is 0 Å². The zero-order valence-corrected chi connectivity index (χ0v) is 14.4. The number of fused-ring (bicyclic) bond motifs is 1. The smallest absolute Gasteiger partial charge is 0.262 e. The Balaban J connectivity index is 2.02. The monoisotopic (exact) mass is 359 g/mol. The normalized spacial score (nSPS) is 11.4. The van der Waals surface area contributed by atoms with E-state index < -0.39 is 10.0 Å². The fraction of sp³-hybridized carbons (Fsp3) is 0.0556. The van der Waals surface area contributed by atoms with Crippen molar-refractivity contribution in [2.45, 2.75) is 11.8 Å². The molecule has 0 aliphatic heterocycles. The van der Waals surface area contributed by atoms with E-state index in [-0.39, 0.29) is 15.7 Å². The molecule has 0 bridgehead atoms. The SMILES string of the molecule is CC(=O)c1ccc(NS(=O)(=O)c2cccc3ccccc23)cc1Cl. The van der Waals surface area contributed by atoms with Gasteiger partial charge in [0.05, 0.1) is 15.6 Å². The lowest BCUT2D eigenvalue weighted by molar-refractivity contribution is 0.101. The predicted octanol–water partition coefficient (Wildman–Crippen LogP) is 4.50. The third-order valence-corrected chi connectivity index (χ3v) is 5.39. The number of rotatable bonds is 4. The van der Waals surface area contributed by atoms with Crippen molar-refractivity contribution >= 4 is 43.9 Å². The van der Waals surface area contributed by atoms with Gasteiger partial charge in [-0.25, -0.2) is 8.42 Å². The van der Waals surface area contributed by atoms with Crippen LogP contribution in [0, 0.1) is 0 Å². The number of carbonyl (C=O) groups is 1. The van der Waals surface area contributed by atoms with Gasteiger partial charge in [0.1, 0.15) is 0 Å². The summed E-state index contributed by atoms with van der Waals surface area (Å²) in [5.74, 6) is -0.177. The summed E-state index contributed by atoms with van der Waals surface area (Å²) in [5.41, 5.74) is 0.655. The van der Waals surface area contributed by atoms with Gasteiger partial charge < -0.3 is 0 Å². The molecule has 0 saturated heterocycles. The van der Waals surface area contributed by atoms with Crippen LogP contribution in [0.3, 0.4) is 0 Å². The highest BCUT2D eigenvalue weighted by Crippen LogP contribution is 2.27. The first kappa shape index (κ1) is 16.5. The Bertz CT molecular complexity index is 1040. The van der Waals surface area contributed by atoms with E-state index in [1.54, 1.807) is 24.3 Å². The molecule has 24 heavy (non-hydrogen) atoms. The van der Waals surface area contributed by atoms with Crippen LogP contribution >= 0.6 is 11.6 Å². The van der Waals surface area contributed by atoms with Crippen molar-refractivity contribution in [2.24, 2.45) is 0 Å². The summed E-state index contributed by atoms with van der Waals surface area (Å²) in [6.45, 7) is 1.40. The fourth-order valence-corrected chi connectivity index (χ4v) is 4.10. The van der Waals surface area contributed by atoms with Crippen LogP contribution in [0.5, 0.6) is 0 Å². The maximum atomic E-state index is 12.7. The summed E-state index contributed by atoms with van der Waals surface area (Å²) < 4.78 is 28.0. The van der Waals surface area contributed by atoms with Crippen LogP contribution < -0.4 is 4.72 Å². The third-order valence-electron chi connectivity index (χ3n) is 3.64. The average Bonchev–Trinajstić information content (AvgIpc) is 2.53. The topological polar surface area (TPSA) is 63.2 Å². The van der Waals surface area contributed by atoms with Gasteiger partial charge in [-0.3, -0.25) is 9.52 Å². The molecule has 0 amide bonds. The van der Waals surface area contributed by atoms with Gasteiger partial charge in [-0.05, 0) is 36.6 Å². The predicted molar refractivity (Wildman–Crippen MR) is 96.2 cm³/mol. The summed E-state index contributed by atoms with van der Waals surface area (Å²) in [4.78, 5) is 11.6. The lowest BCUT2D eigenvalue weighted by Crippen LogP contribution is -2.13. The molecule has 0 unspecified atom stereocenters. The van der Waals surface area contributed by atoms with Crippen molar-refractivity contribution in [1.29, 1.82) is 0 Å². The van der Waals surface area contributed by atoms with Crippen LogP contribution in [-0.4, -0.2) is 14.2 Å². The molecule has 3 rings (SSSR count). The lowest BCUT2D eigenvalue weighted by Gasteiger charge is -2.11. The summed E-state index contributed by atoms with van der Waals surface area (Å²) in [6, 6.07) is 16.8. The van der Waals surface area contributed by atoms with Crippen molar-refractivity contribution < 1.29 is 13.2 Å². The number of ketones is 1. The van der Waals surface area contributed by atoms with Crippen LogP contribution in [0.4, 0.5) is 5.69 Å². The Labute approximate surface area is 145 Å². The number of anilines is 1. The first-order chi connectivity index (χ1) is 11.4. The van der Waals surface area contributed by atoms with Crippen LogP contribution in [0.25, 0.3) is 10.8 Å². The summed E-state index contributed by atoms with van der Waals surface area (Å²) in [6.07, 6.45) is 0. The van der Waals surface area contributed by atoms with E-state index in [0.717, 1.165) is 5.39 Å². The Hall–Kier alpha value is -2.37. The molecule has 0 heterocycles. The molecule has 122 valence electrons. The third kappa shape index (κ3) is 3.13. The van der Waals surface area contributed by atoms with Crippen LogP contribution in [0.2, 0.25) is 5.02 Å². The second-order valence-electron chi connectivity index (χ2n) is 5.33. The van der Waals surface area contributed by atoms with Crippen molar-refractivity contribution in [2.75, 3.05) is 4.72 Å².